The van der Waals surface area contributed by atoms with Crippen LogP contribution in [0, 0.1) is 11.6 Å². The van der Waals surface area contributed by atoms with E-state index in [4.69, 9.17) is 16.6 Å². The Hall–Kier alpha value is -6.21. The second-order valence-electron chi connectivity index (χ2n) is 21.2. The van der Waals surface area contributed by atoms with Crippen molar-refractivity contribution < 1.29 is 52.8 Å². The van der Waals surface area contributed by atoms with Gasteiger partial charge in [-0.3, -0.25) is 14.7 Å². The van der Waals surface area contributed by atoms with Gasteiger partial charge in [0.1, 0.15) is 22.9 Å². The molecule has 85 heavy (non-hydrogen) atoms. The fourth-order valence-electron chi connectivity index (χ4n) is 11.2. The van der Waals surface area contributed by atoms with Gasteiger partial charge in [0.2, 0.25) is 40.1 Å². The number of hydrogen-bond acceptors (Lipinski definition) is 17. The number of ketones is 1. The van der Waals surface area contributed by atoms with Gasteiger partial charge >= 0.3 is 0 Å². The van der Waals surface area contributed by atoms with Crippen molar-refractivity contribution in [1.82, 2.24) is 47.4 Å². The number of aromatic amines is 2. The summed E-state index contributed by atoms with van der Waals surface area (Å²) in [5.74, 6) is 1.09. The highest BCUT2D eigenvalue weighted by Crippen LogP contribution is 2.40. The predicted octanol–water partition coefficient (Wildman–Crippen LogP) is 8.08. The highest BCUT2D eigenvalue weighted by atomic mass is 32.2. The number of sulfonamides is 4. The van der Waals surface area contributed by atoms with E-state index in [-0.39, 0.29) is 70.4 Å². The minimum Gasteiger partial charge on any atom is -0.504 e. The summed E-state index contributed by atoms with van der Waals surface area (Å²) in [5.41, 5.74) is 3.63. The van der Waals surface area contributed by atoms with Gasteiger partial charge in [0, 0.05) is 32.2 Å². The van der Waals surface area contributed by atoms with Crippen molar-refractivity contribution in [1.29, 1.82) is 0 Å². The van der Waals surface area contributed by atoms with Crippen LogP contribution in [-0.2, 0) is 72.7 Å². The van der Waals surface area contributed by atoms with Crippen molar-refractivity contribution >= 4 is 75.0 Å². The van der Waals surface area contributed by atoms with Crippen LogP contribution in [0.4, 0.5) is 0 Å². The number of nitrogens with zero attached hydrogens (tertiary/aromatic N) is 8. The summed E-state index contributed by atoms with van der Waals surface area (Å²) >= 11 is 6.18. The molecule has 454 valence electrons. The number of H-pyrrole nitrogens is 2. The number of rotatable bonds is 16. The average molecular weight is 1280 g/mol. The van der Waals surface area contributed by atoms with Crippen LogP contribution < -0.4 is 0 Å². The molecule has 0 radical (unpaired) electrons. The van der Waals surface area contributed by atoms with Crippen molar-refractivity contribution in [3.05, 3.63) is 184 Å². The van der Waals surface area contributed by atoms with E-state index in [1.165, 1.54) is 31.6 Å². The number of thioether (sulfide) groups is 1. The van der Waals surface area contributed by atoms with E-state index in [0.29, 0.717) is 60.9 Å². The molecule has 5 fully saturated rings. The van der Waals surface area contributed by atoms with Crippen LogP contribution in [-0.4, -0.2) is 135 Å². The highest BCUT2D eigenvalue weighted by molar-refractivity contribution is 8.15. The molecule has 0 saturated carbocycles. The lowest BCUT2D eigenvalue weighted by molar-refractivity contribution is -0.121. The second-order valence-corrected chi connectivity index (χ2v) is 30.5. The zero-order valence-corrected chi connectivity index (χ0v) is 51.6. The van der Waals surface area contributed by atoms with Crippen LogP contribution in [0.3, 0.4) is 0 Å². The first-order valence-electron chi connectivity index (χ1n) is 27.8. The van der Waals surface area contributed by atoms with Crippen molar-refractivity contribution in [2.45, 2.75) is 117 Å². The minimum atomic E-state index is -3.48. The van der Waals surface area contributed by atoms with Crippen LogP contribution in [0.2, 0.25) is 0 Å². The number of aryl methyl sites for hydroxylation is 1. The molecule has 7 aromatic rings. The molecule has 12 rings (SSSR count). The lowest BCUT2D eigenvalue weighted by atomic mass is 10.1. The molecule has 3 N–H and O–H groups in total. The van der Waals surface area contributed by atoms with E-state index in [9.17, 15) is 48.4 Å². The quantitative estimate of drug-likeness (QED) is 0.0608. The van der Waals surface area contributed by atoms with E-state index >= 15 is 0 Å². The van der Waals surface area contributed by atoms with E-state index in [1.54, 1.807) is 45.4 Å². The van der Waals surface area contributed by atoms with Crippen molar-refractivity contribution in [3.63, 3.8) is 0 Å². The third kappa shape index (κ3) is 16.1. The van der Waals surface area contributed by atoms with Crippen LogP contribution in [0.1, 0.15) is 116 Å². The molecular weight excluding hydrogens is 1210 g/mol. The third-order valence-electron chi connectivity index (χ3n) is 15.1. The fraction of sp³-hybridized carbons (Fsp3) is 0.404. The molecular formula is C57H68N10O12S6. The maximum atomic E-state index is 12.7. The largest absolute Gasteiger partial charge is 0.504 e. The number of furan rings is 1. The van der Waals surface area contributed by atoms with E-state index in [0.717, 1.165) is 72.5 Å². The summed E-state index contributed by atoms with van der Waals surface area (Å²) in [5, 5.41) is 22.7. The molecule has 5 aliphatic heterocycles. The van der Waals surface area contributed by atoms with Crippen molar-refractivity contribution in [2.24, 2.45) is 0 Å². The first-order chi connectivity index (χ1) is 40.7. The van der Waals surface area contributed by atoms with Crippen LogP contribution in [0.25, 0.3) is 0 Å². The lowest BCUT2D eigenvalue weighted by Gasteiger charge is -2.27. The van der Waals surface area contributed by atoms with Crippen LogP contribution >= 0.6 is 24.0 Å². The molecule has 0 aliphatic carbocycles. The van der Waals surface area contributed by atoms with Crippen LogP contribution in [0.5, 0.6) is 5.75 Å². The summed E-state index contributed by atoms with van der Waals surface area (Å²) < 4.78 is 114. The van der Waals surface area contributed by atoms with Gasteiger partial charge in [0.05, 0.1) is 64.8 Å². The first-order valence-corrected chi connectivity index (χ1v) is 35.5. The Morgan fingerprint density at radius 1 is 0.600 bits per heavy atom. The van der Waals surface area contributed by atoms with E-state index in [2.05, 4.69) is 25.5 Å². The number of aromatic nitrogens is 6. The molecule has 4 aromatic carbocycles. The van der Waals surface area contributed by atoms with Gasteiger partial charge in [0.15, 0.2) is 22.5 Å². The van der Waals surface area contributed by atoms with Crippen molar-refractivity contribution in [2.75, 3.05) is 26.2 Å². The molecule has 5 atom stereocenters. The summed E-state index contributed by atoms with van der Waals surface area (Å²) in [6.45, 7) is 3.77. The summed E-state index contributed by atoms with van der Waals surface area (Å²) in [4.78, 5) is 27.7. The molecule has 3 aromatic heterocycles. The molecule has 28 heteroatoms. The van der Waals surface area contributed by atoms with E-state index < -0.39 is 45.3 Å². The summed E-state index contributed by atoms with van der Waals surface area (Å²) in [7, 11) is -13.7. The molecule has 5 unspecified atom stereocenters. The predicted molar refractivity (Wildman–Crippen MR) is 323 cm³/mol. The Morgan fingerprint density at radius 2 is 1.05 bits per heavy atom. The number of hydrogen-bond donors (Lipinski definition) is 3. The number of carbonyl (C=O) groups is 2. The molecule has 22 nitrogen and oxygen atoms in total. The van der Waals surface area contributed by atoms with Gasteiger partial charge in [0.25, 0.3) is 0 Å². The first kappa shape index (κ1) is 63.3. The molecule has 8 heterocycles. The van der Waals surface area contributed by atoms with Gasteiger partial charge < -0.3 is 9.52 Å². The standard InChI is InChI=1S/C15H17NO4S2.C15H17NO4S.C14H18N4O2S.C13H16N4O2S2/c17-13-9-14(18)21-15(13)12-7-4-8-16(12)22(19,20)10-11-5-2-1-3-6-11;17-15-10-20-9-13(15)14-7-4-8-16(14)21(18,19)11-12-5-2-1-3-6-12;1-11-15-14(17-16-11)13-8-5-9-18(13)21(19,20)10-12-6-3-2-4-7-12;18-21(19,10-11-5-2-1-3-6-11)16-8-4-7-12(16)17-13(20)9-14-15-17/h1-3,5-6,12,15H,4,7-10H2;1-3,5-6,9-10,14,17H,4,7-8,11H2;2-4,6-7,13H,5,8-10H2,1H3,(H,15,16,17);1-3,5-6,9,12,15H,4,7-8,10H2. The molecule has 5 aliphatic rings. The monoisotopic (exact) mass is 1280 g/mol. The Bertz CT molecular complexity index is 3890. The lowest BCUT2D eigenvalue weighted by Crippen LogP contribution is -2.43. The molecule has 0 spiro atoms. The normalized spacial score (nSPS) is 21.7. The Labute approximate surface area is 505 Å². The number of Topliss-reactive ketones (excluding diaryl/α,β-unsaturated/α-hetero) is 1. The fourth-order valence-corrected chi connectivity index (χ4v) is 19.8. The topological polar surface area (TPSA) is 292 Å². The molecule has 0 amide bonds. The smallest absolute Gasteiger partial charge is 0.220 e. The van der Waals surface area contributed by atoms with Crippen molar-refractivity contribution in [3.8, 4) is 5.75 Å². The van der Waals surface area contributed by atoms with Crippen LogP contribution in [0.15, 0.2) is 144 Å². The SMILES string of the molecule is Cc1nc(C2CCCN2S(=O)(=O)Cc2ccccc2)n[nH]1.O=C1CC(=O)C(C2CCCN2S(=O)(=O)Cc2ccccc2)S1.O=S(=O)(Cc1ccccc1)N1CCCC1c1cocc1O.O=S(=O)(Cc1ccccc1)N1CCCC1n1[nH]ncc1=S. The van der Waals surface area contributed by atoms with Gasteiger partial charge in [-0.15, -0.1) is 0 Å². The zero-order chi connectivity index (χ0) is 60.4. The van der Waals surface area contributed by atoms with Gasteiger partial charge in [-0.1, -0.05) is 145 Å². The average Bonchev–Trinajstić information content (AvgIpc) is 2.58. The van der Waals surface area contributed by atoms with E-state index in [1.807, 2.05) is 91.9 Å². The maximum Gasteiger partial charge on any atom is 0.220 e. The Morgan fingerprint density at radius 3 is 1.49 bits per heavy atom. The molecule has 0 bridgehead atoms. The number of nitrogens with one attached hydrogen (secondary N) is 2. The highest BCUT2D eigenvalue weighted by Gasteiger charge is 2.46. The zero-order valence-electron chi connectivity index (χ0n) is 46.7. The summed E-state index contributed by atoms with van der Waals surface area (Å²) in [6.07, 6.45) is 9.84. The summed E-state index contributed by atoms with van der Waals surface area (Å²) in [6, 6.07) is 35.6. The third-order valence-corrected chi connectivity index (χ3v) is 24.0. The molecule has 5 saturated heterocycles. The number of aromatic hydroxyl groups is 1. The maximum absolute atomic E-state index is 12.7. The van der Waals surface area contributed by atoms with Gasteiger partial charge in [-0.2, -0.15) is 27.4 Å². The Kier molecular flexibility index (Phi) is 20.9. The van der Waals surface area contributed by atoms with Gasteiger partial charge in [-0.25, -0.2) is 48.6 Å². The van der Waals surface area contributed by atoms with Gasteiger partial charge in [-0.05, 0) is 80.5 Å². The minimum absolute atomic E-state index is 0.00575. The second kappa shape index (κ2) is 28.1. The number of benzene rings is 4. The number of carbonyl (C=O) groups excluding carboxylic acids is 2. The Balaban J connectivity index is 0.000000136.